The van der Waals surface area contributed by atoms with Crippen LogP contribution in [0.3, 0.4) is 0 Å². The van der Waals surface area contributed by atoms with Gasteiger partial charge in [0.15, 0.2) is 0 Å². The van der Waals surface area contributed by atoms with Crippen LogP contribution in [0, 0.1) is 0 Å². The summed E-state index contributed by atoms with van der Waals surface area (Å²) in [6.45, 7) is 1.57. The lowest BCUT2D eigenvalue weighted by Gasteiger charge is -2.43. The Morgan fingerprint density at radius 1 is 1.52 bits per heavy atom. The van der Waals surface area contributed by atoms with E-state index in [1.807, 2.05) is 7.05 Å². The summed E-state index contributed by atoms with van der Waals surface area (Å²) in [6.07, 6.45) is 7.14. The number of hydrogen-bond donors (Lipinski definition) is 2. The SMILES string of the molecule is COC12CCC(OCCO)CC1N(CC(=O)Nc1cnn(C)c1)CC2. The molecule has 2 aliphatic rings. The van der Waals surface area contributed by atoms with Gasteiger partial charge in [0.2, 0.25) is 5.91 Å². The summed E-state index contributed by atoms with van der Waals surface area (Å²) >= 11 is 0. The topological polar surface area (TPSA) is 88.8 Å². The third-order valence-corrected chi connectivity index (χ3v) is 5.43. The number of fused-ring (bicyclic) bond motifs is 1. The van der Waals surface area contributed by atoms with Gasteiger partial charge in [0.25, 0.3) is 0 Å². The average Bonchev–Trinajstić information content (AvgIpc) is 3.17. The van der Waals surface area contributed by atoms with Crippen molar-refractivity contribution in [3.05, 3.63) is 12.4 Å². The molecule has 2 fully saturated rings. The molecule has 8 heteroatoms. The number of carbonyl (C=O) groups excluding carboxylic acids is 1. The van der Waals surface area contributed by atoms with Crippen LogP contribution < -0.4 is 5.32 Å². The standard InChI is InChI=1S/C17H28N4O4/c1-20-11-13(10-18-20)19-16(23)12-21-6-5-17(24-2)4-3-14(9-15(17)21)25-8-7-22/h10-11,14-15,22H,3-9,12H2,1-2H3,(H,19,23). The Morgan fingerprint density at radius 2 is 2.36 bits per heavy atom. The van der Waals surface area contributed by atoms with E-state index < -0.39 is 0 Å². The number of methoxy groups -OCH3 is 1. The van der Waals surface area contributed by atoms with Crippen molar-refractivity contribution in [1.82, 2.24) is 14.7 Å². The Kier molecular flexibility index (Phi) is 5.73. The highest BCUT2D eigenvalue weighted by atomic mass is 16.5. The lowest BCUT2D eigenvalue weighted by molar-refractivity contribution is -0.122. The molecule has 3 atom stereocenters. The van der Waals surface area contributed by atoms with Gasteiger partial charge in [0.1, 0.15) is 0 Å². The molecular weight excluding hydrogens is 324 g/mol. The minimum Gasteiger partial charge on any atom is -0.394 e. The maximum absolute atomic E-state index is 12.4. The van der Waals surface area contributed by atoms with Gasteiger partial charge < -0.3 is 19.9 Å². The van der Waals surface area contributed by atoms with Crippen molar-refractivity contribution in [3.63, 3.8) is 0 Å². The number of anilines is 1. The van der Waals surface area contributed by atoms with Crippen molar-refractivity contribution in [2.24, 2.45) is 7.05 Å². The fraction of sp³-hybridized carbons (Fsp3) is 0.765. The van der Waals surface area contributed by atoms with Gasteiger partial charge in [-0.2, -0.15) is 5.10 Å². The molecule has 8 nitrogen and oxygen atoms in total. The molecule has 2 heterocycles. The van der Waals surface area contributed by atoms with Gasteiger partial charge in [-0.1, -0.05) is 0 Å². The summed E-state index contributed by atoms with van der Waals surface area (Å²) in [5.74, 6) is -0.0432. The third kappa shape index (κ3) is 4.03. The van der Waals surface area contributed by atoms with Gasteiger partial charge in [-0.15, -0.1) is 0 Å². The van der Waals surface area contributed by atoms with E-state index in [0.717, 1.165) is 32.2 Å². The van der Waals surface area contributed by atoms with Gasteiger partial charge in [0, 0.05) is 32.9 Å². The van der Waals surface area contributed by atoms with E-state index in [-0.39, 0.29) is 30.3 Å². The molecular formula is C17H28N4O4. The Labute approximate surface area is 148 Å². The van der Waals surface area contributed by atoms with Crippen LogP contribution in [-0.2, 0) is 21.3 Å². The predicted molar refractivity (Wildman–Crippen MR) is 92.2 cm³/mol. The maximum Gasteiger partial charge on any atom is 0.238 e. The van der Waals surface area contributed by atoms with Crippen LogP contribution in [0.4, 0.5) is 5.69 Å². The van der Waals surface area contributed by atoms with Crippen LogP contribution in [0.15, 0.2) is 12.4 Å². The molecule has 1 saturated carbocycles. The van der Waals surface area contributed by atoms with Crippen LogP contribution in [0.2, 0.25) is 0 Å². The van der Waals surface area contributed by atoms with Crippen LogP contribution in [0.25, 0.3) is 0 Å². The van der Waals surface area contributed by atoms with Gasteiger partial charge in [-0.25, -0.2) is 0 Å². The first kappa shape index (κ1) is 18.3. The zero-order valence-corrected chi connectivity index (χ0v) is 15.0. The van der Waals surface area contributed by atoms with E-state index in [9.17, 15) is 4.79 Å². The first-order valence-corrected chi connectivity index (χ1v) is 8.86. The van der Waals surface area contributed by atoms with Crippen LogP contribution in [0.1, 0.15) is 25.7 Å². The molecule has 1 saturated heterocycles. The first-order valence-electron chi connectivity index (χ1n) is 8.86. The van der Waals surface area contributed by atoms with E-state index >= 15 is 0 Å². The summed E-state index contributed by atoms with van der Waals surface area (Å²) in [7, 11) is 3.58. The number of likely N-dealkylation sites (tertiary alicyclic amines) is 1. The molecule has 0 aromatic carbocycles. The molecule has 3 unspecified atom stereocenters. The monoisotopic (exact) mass is 352 g/mol. The van der Waals surface area contributed by atoms with Gasteiger partial charge in [-0.3, -0.25) is 14.4 Å². The second-order valence-electron chi connectivity index (χ2n) is 6.95. The number of aryl methyl sites for hydroxylation is 1. The maximum atomic E-state index is 12.4. The number of carbonyl (C=O) groups is 1. The van der Waals surface area contributed by atoms with E-state index in [1.165, 1.54) is 0 Å². The zero-order chi connectivity index (χ0) is 17.9. The first-order chi connectivity index (χ1) is 12.1. The molecule has 0 bridgehead atoms. The van der Waals surface area contributed by atoms with Gasteiger partial charge >= 0.3 is 0 Å². The number of aliphatic hydroxyl groups excluding tert-OH is 1. The number of nitrogens with one attached hydrogen (secondary N) is 1. The molecule has 1 aromatic heterocycles. The average molecular weight is 352 g/mol. The molecule has 140 valence electrons. The Bertz CT molecular complexity index is 593. The van der Waals surface area contributed by atoms with E-state index in [2.05, 4.69) is 15.3 Å². The summed E-state index contributed by atoms with van der Waals surface area (Å²) in [5.41, 5.74) is 0.519. The Morgan fingerprint density at radius 3 is 3.04 bits per heavy atom. The van der Waals surface area contributed by atoms with E-state index in [4.69, 9.17) is 14.6 Å². The van der Waals surface area contributed by atoms with E-state index in [0.29, 0.717) is 18.8 Å². The molecule has 25 heavy (non-hydrogen) atoms. The second-order valence-corrected chi connectivity index (χ2v) is 6.95. The number of ether oxygens (including phenoxy) is 2. The normalized spacial score (nSPS) is 29.6. The smallest absolute Gasteiger partial charge is 0.238 e. The lowest BCUT2D eigenvalue weighted by atomic mass is 9.79. The quantitative estimate of drug-likeness (QED) is 0.738. The number of aromatic nitrogens is 2. The Hall–Kier alpha value is -1.48. The van der Waals surface area contributed by atoms with Crippen molar-refractivity contribution in [2.75, 3.05) is 38.7 Å². The van der Waals surface area contributed by atoms with Crippen molar-refractivity contribution in [3.8, 4) is 0 Å². The second kappa shape index (κ2) is 7.82. The van der Waals surface area contributed by atoms with Crippen molar-refractivity contribution in [1.29, 1.82) is 0 Å². The summed E-state index contributed by atoms with van der Waals surface area (Å²) in [4.78, 5) is 14.6. The van der Waals surface area contributed by atoms with E-state index in [1.54, 1.807) is 24.2 Å². The number of amides is 1. The fourth-order valence-corrected chi connectivity index (χ4v) is 4.19. The summed E-state index contributed by atoms with van der Waals surface area (Å²) < 4.78 is 13.3. The largest absolute Gasteiger partial charge is 0.394 e. The predicted octanol–water partition coefficient (Wildman–Crippen LogP) is 0.380. The molecule has 1 aromatic rings. The number of rotatable bonds is 7. The van der Waals surface area contributed by atoms with Crippen molar-refractivity contribution < 1.29 is 19.4 Å². The zero-order valence-electron chi connectivity index (χ0n) is 15.0. The van der Waals surface area contributed by atoms with Crippen LogP contribution in [0.5, 0.6) is 0 Å². The molecule has 1 aliphatic carbocycles. The molecule has 0 radical (unpaired) electrons. The third-order valence-electron chi connectivity index (χ3n) is 5.43. The molecule has 3 rings (SSSR count). The number of nitrogens with zero attached hydrogens (tertiary/aromatic N) is 3. The highest BCUT2D eigenvalue weighted by Crippen LogP contribution is 2.43. The number of aliphatic hydroxyl groups is 1. The van der Waals surface area contributed by atoms with Crippen molar-refractivity contribution in [2.45, 2.75) is 43.4 Å². The highest BCUT2D eigenvalue weighted by molar-refractivity contribution is 5.92. The van der Waals surface area contributed by atoms with Crippen LogP contribution in [-0.4, -0.2) is 76.9 Å². The van der Waals surface area contributed by atoms with Crippen LogP contribution >= 0.6 is 0 Å². The minimum atomic E-state index is -0.187. The lowest BCUT2D eigenvalue weighted by Crippen LogP contribution is -2.53. The van der Waals surface area contributed by atoms with Gasteiger partial charge in [-0.05, 0) is 25.7 Å². The highest BCUT2D eigenvalue weighted by Gasteiger charge is 2.51. The number of hydrogen-bond acceptors (Lipinski definition) is 6. The van der Waals surface area contributed by atoms with Gasteiger partial charge in [0.05, 0.1) is 43.3 Å². The summed E-state index contributed by atoms with van der Waals surface area (Å²) in [5, 5.41) is 15.9. The molecule has 1 amide bonds. The molecule has 2 N–H and O–H groups in total. The Balaban J connectivity index is 1.61. The van der Waals surface area contributed by atoms with Crippen molar-refractivity contribution >= 4 is 11.6 Å². The molecule has 1 aliphatic heterocycles. The fourth-order valence-electron chi connectivity index (χ4n) is 4.19. The summed E-state index contributed by atoms with van der Waals surface area (Å²) in [6, 6.07) is 0.162. The minimum absolute atomic E-state index is 0.0355. The molecule has 0 spiro atoms.